The monoisotopic (exact) mass is 316 g/mol. The molecule has 1 aromatic carbocycles. The summed E-state index contributed by atoms with van der Waals surface area (Å²) in [5, 5.41) is 19.7. The van der Waals surface area contributed by atoms with Gasteiger partial charge in [0.2, 0.25) is 0 Å². The minimum absolute atomic E-state index is 0.110. The number of para-hydroxylation sites is 1. The molecule has 1 aromatic heterocycles. The molecule has 122 valence electrons. The molecule has 2 aromatic rings. The second-order valence-corrected chi connectivity index (χ2v) is 5.89. The quantitative estimate of drug-likeness (QED) is 0.903. The Bertz CT molecular complexity index is 778. The second kappa shape index (κ2) is 6.04. The van der Waals surface area contributed by atoms with Gasteiger partial charge in [0.15, 0.2) is 0 Å². The Hall–Kier alpha value is -2.34. The molecule has 23 heavy (non-hydrogen) atoms. The predicted molar refractivity (Wildman–Crippen MR) is 85.9 cm³/mol. The third-order valence-electron chi connectivity index (χ3n) is 4.46. The van der Waals surface area contributed by atoms with Crippen LogP contribution in [0.5, 0.6) is 0 Å². The lowest BCUT2D eigenvalue weighted by molar-refractivity contribution is 0.0696. The van der Waals surface area contributed by atoms with Crippen molar-refractivity contribution in [2.24, 2.45) is 0 Å². The highest BCUT2D eigenvalue weighted by Crippen LogP contribution is 2.32. The van der Waals surface area contributed by atoms with Crippen LogP contribution < -0.4 is 0 Å². The van der Waals surface area contributed by atoms with Crippen LogP contribution in [-0.4, -0.2) is 51.8 Å². The standard InChI is InChI=1S/C17H20N2O4/c1-18-8-3-2-5-12-11-6-4-7-13(17(22)23)14(11)19(9-10-20)15(12)16(18)21/h4,6-7,20H,2-3,5,8-10H2,1H3,(H,22,23). The summed E-state index contributed by atoms with van der Waals surface area (Å²) in [6.45, 7) is 0.738. The number of aliphatic hydroxyl groups is 1. The lowest BCUT2D eigenvalue weighted by Gasteiger charge is -2.22. The number of aliphatic hydroxyl groups excluding tert-OH is 1. The summed E-state index contributed by atoms with van der Waals surface area (Å²) in [6, 6.07) is 5.12. The van der Waals surface area contributed by atoms with Gasteiger partial charge in [-0.3, -0.25) is 4.79 Å². The van der Waals surface area contributed by atoms with Crippen LogP contribution >= 0.6 is 0 Å². The topological polar surface area (TPSA) is 82.8 Å². The molecule has 1 amide bonds. The van der Waals surface area contributed by atoms with Crippen molar-refractivity contribution in [3.8, 4) is 0 Å². The van der Waals surface area contributed by atoms with Crippen LogP contribution in [0.1, 0.15) is 39.3 Å². The van der Waals surface area contributed by atoms with E-state index in [1.807, 2.05) is 6.07 Å². The first-order valence-electron chi connectivity index (χ1n) is 7.80. The van der Waals surface area contributed by atoms with Crippen molar-refractivity contribution < 1.29 is 19.8 Å². The van der Waals surface area contributed by atoms with Crippen molar-refractivity contribution in [2.45, 2.75) is 25.8 Å². The maximum atomic E-state index is 12.8. The molecule has 0 saturated carbocycles. The van der Waals surface area contributed by atoms with Crippen LogP contribution in [0.4, 0.5) is 0 Å². The highest BCUT2D eigenvalue weighted by molar-refractivity contribution is 6.08. The molecule has 0 unspecified atom stereocenters. The molecule has 0 saturated heterocycles. The lowest BCUT2D eigenvalue weighted by Crippen LogP contribution is -2.32. The molecule has 1 aliphatic rings. The highest BCUT2D eigenvalue weighted by atomic mass is 16.4. The zero-order chi connectivity index (χ0) is 16.6. The number of carbonyl (C=O) groups is 2. The van der Waals surface area contributed by atoms with E-state index in [0.29, 0.717) is 17.8 Å². The molecule has 0 fully saturated rings. The SMILES string of the molecule is CN1CCCCc2c(n(CCO)c3c(C(=O)O)cccc23)C1=O. The Kier molecular flexibility index (Phi) is 4.09. The van der Waals surface area contributed by atoms with Crippen LogP contribution in [0.15, 0.2) is 18.2 Å². The first-order chi connectivity index (χ1) is 11.1. The van der Waals surface area contributed by atoms with Crippen molar-refractivity contribution in [1.82, 2.24) is 9.47 Å². The Morgan fingerprint density at radius 2 is 2.09 bits per heavy atom. The van der Waals surface area contributed by atoms with Crippen molar-refractivity contribution in [2.75, 3.05) is 20.2 Å². The number of fused-ring (bicyclic) bond motifs is 3. The van der Waals surface area contributed by atoms with Gasteiger partial charge in [-0.25, -0.2) is 4.79 Å². The molecule has 0 atom stereocenters. The maximum absolute atomic E-state index is 12.8. The van der Waals surface area contributed by atoms with E-state index in [2.05, 4.69) is 0 Å². The predicted octanol–water partition coefficient (Wildman–Crippen LogP) is 1.74. The summed E-state index contributed by atoms with van der Waals surface area (Å²) in [5.41, 5.74) is 2.11. The summed E-state index contributed by atoms with van der Waals surface area (Å²) in [6.07, 6.45) is 2.61. The van der Waals surface area contributed by atoms with Gasteiger partial charge in [-0.15, -0.1) is 0 Å². The van der Waals surface area contributed by atoms with E-state index >= 15 is 0 Å². The van der Waals surface area contributed by atoms with Gasteiger partial charge in [0, 0.05) is 25.5 Å². The van der Waals surface area contributed by atoms with E-state index in [1.165, 1.54) is 0 Å². The van der Waals surface area contributed by atoms with Gasteiger partial charge in [-0.05, 0) is 30.9 Å². The van der Waals surface area contributed by atoms with Gasteiger partial charge < -0.3 is 19.7 Å². The fraction of sp³-hybridized carbons (Fsp3) is 0.412. The molecule has 6 nitrogen and oxygen atoms in total. The van der Waals surface area contributed by atoms with E-state index < -0.39 is 5.97 Å². The van der Waals surface area contributed by atoms with E-state index in [0.717, 1.165) is 30.2 Å². The molecular formula is C17H20N2O4. The average molecular weight is 316 g/mol. The van der Waals surface area contributed by atoms with Crippen LogP contribution in [0.25, 0.3) is 10.9 Å². The molecule has 0 aliphatic carbocycles. The highest BCUT2D eigenvalue weighted by Gasteiger charge is 2.28. The van der Waals surface area contributed by atoms with Crippen LogP contribution in [0.2, 0.25) is 0 Å². The normalized spacial score (nSPS) is 15.4. The summed E-state index contributed by atoms with van der Waals surface area (Å²) in [4.78, 5) is 26.1. The van der Waals surface area contributed by atoms with E-state index in [9.17, 15) is 19.8 Å². The summed E-state index contributed by atoms with van der Waals surface area (Å²) in [7, 11) is 1.76. The number of carboxylic acids is 1. The Balaban J connectivity index is 2.38. The van der Waals surface area contributed by atoms with Gasteiger partial charge >= 0.3 is 5.97 Å². The number of nitrogens with zero attached hydrogens (tertiary/aromatic N) is 2. The third kappa shape index (κ3) is 2.49. The first kappa shape index (κ1) is 15.6. The van der Waals surface area contributed by atoms with Gasteiger partial charge in [-0.1, -0.05) is 12.1 Å². The molecular weight excluding hydrogens is 296 g/mol. The van der Waals surface area contributed by atoms with Crippen LogP contribution in [-0.2, 0) is 13.0 Å². The first-order valence-corrected chi connectivity index (χ1v) is 7.80. The maximum Gasteiger partial charge on any atom is 0.337 e. The van der Waals surface area contributed by atoms with E-state index in [1.54, 1.807) is 28.6 Å². The Morgan fingerprint density at radius 1 is 1.30 bits per heavy atom. The second-order valence-electron chi connectivity index (χ2n) is 5.89. The zero-order valence-electron chi connectivity index (χ0n) is 13.1. The molecule has 0 spiro atoms. The number of aryl methyl sites for hydroxylation is 1. The summed E-state index contributed by atoms with van der Waals surface area (Å²) >= 11 is 0. The largest absolute Gasteiger partial charge is 0.478 e. The zero-order valence-corrected chi connectivity index (χ0v) is 13.1. The average Bonchev–Trinajstić information content (AvgIpc) is 2.83. The molecule has 3 rings (SSSR count). The van der Waals surface area contributed by atoms with Crippen molar-refractivity contribution in [3.05, 3.63) is 35.0 Å². The Morgan fingerprint density at radius 3 is 2.78 bits per heavy atom. The fourth-order valence-corrected chi connectivity index (χ4v) is 3.41. The van der Waals surface area contributed by atoms with Crippen molar-refractivity contribution >= 4 is 22.8 Å². The lowest BCUT2D eigenvalue weighted by atomic mass is 10.0. The minimum atomic E-state index is -1.03. The number of amides is 1. The molecule has 0 radical (unpaired) electrons. The third-order valence-corrected chi connectivity index (χ3v) is 4.46. The minimum Gasteiger partial charge on any atom is -0.478 e. The molecule has 1 aliphatic heterocycles. The van der Waals surface area contributed by atoms with Gasteiger partial charge in [0.05, 0.1) is 17.7 Å². The molecule has 2 N–H and O–H groups in total. The number of hydrogen-bond donors (Lipinski definition) is 2. The van der Waals surface area contributed by atoms with E-state index in [-0.39, 0.29) is 24.6 Å². The molecule has 2 heterocycles. The van der Waals surface area contributed by atoms with Crippen LogP contribution in [0.3, 0.4) is 0 Å². The number of benzene rings is 1. The number of carboxylic acid groups (broad SMARTS) is 1. The van der Waals surface area contributed by atoms with Gasteiger partial charge in [0.1, 0.15) is 5.69 Å². The molecule has 0 bridgehead atoms. The van der Waals surface area contributed by atoms with Gasteiger partial charge in [0.25, 0.3) is 5.91 Å². The van der Waals surface area contributed by atoms with Gasteiger partial charge in [-0.2, -0.15) is 0 Å². The smallest absolute Gasteiger partial charge is 0.337 e. The number of aromatic nitrogens is 1. The number of hydrogen-bond acceptors (Lipinski definition) is 3. The van der Waals surface area contributed by atoms with Crippen molar-refractivity contribution in [1.29, 1.82) is 0 Å². The number of rotatable bonds is 3. The number of aromatic carboxylic acids is 1. The van der Waals surface area contributed by atoms with E-state index in [4.69, 9.17) is 0 Å². The number of carbonyl (C=O) groups excluding carboxylic acids is 1. The summed E-state index contributed by atoms with van der Waals surface area (Å²) in [5.74, 6) is -1.14. The summed E-state index contributed by atoms with van der Waals surface area (Å²) < 4.78 is 1.68. The van der Waals surface area contributed by atoms with Crippen molar-refractivity contribution in [3.63, 3.8) is 0 Å². The van der Waals surface area contributed by atoms with Crippen LogP contribution in [0, 0.1) is 0 Å². The fourth-order valence-electron chi connectivity index (χ4n) is 3.41. The Labute approximate surface area is 133 Å². The molecule has 6 heteroatoms.